The molecule has 0 bridgehead atoms. The van der Waals surface area contributed by atoms with E-state index in [4.69, 9.17) is 0 Å². The normalized spacial score (nSPS) is 15.2. The minimum Gasteiger partial charge on any atom is -0.309 e. The fourth-order valence-electron chi connectivity index (χ4n) is 9.90. The molecule has 8 aromatic carbocycles. The zero-order valence-electron chi connectivity index (χ0n) is 31.3. The van der Waals surface area contributed by atoms with Gasteiger partial charge in [-0.25, -0.2) is 0 Å². The molecular formula is C52H42N2. The van der Waals surface area contributed by atoms with Gasteiger partial charge in [0, 0.05) is 32.6 Å². The second-order valence-electron chi connectivity index (χ2n) is 16.8. The van der Waals surface area contributed by atoms with Gasteiger partial charge < -0.3 is 9.13 Å². The van der Waals surface area contributed by atoms with E-state index in [0.717, 1.165) is 0 Å². The van der Waals surface area contributed by atoms with Crippen LogP contribution in [0.25, 0.3) is 87.7 Å². The van der Waals surface area contributed by atoms with E-state index in [1.807, 2.05) is 0 Å². The van der Waals surface area contributed by atoms with Crippen LogP contribution >= 0.6 is 0 Å². The molecule has 2 heterocycles. The highest BCUT2D eigenvalue weighted by Crippen LogP contribution is 2.51. The standard InChI is InChI=1S/C52H42N2/c1-51(2)29-30-52(3,4)42-32-47-40(31-41(42)51)49-44(53(47)35-18-9-6-10-19-35)27-28-46-50(49)48-37-20-12-11-17-34(37)23-25-45(48)54(46)43-26-24-36(33-15-7-5-8-16-33)38-21-13-14-22-39(38)43/h5-28,31-32H,29-30H2,1-4H3. The van der Waals surface area contributed by atoms with E-state index in [1.54, 1.807) is 0 Å². The summed E-state index contributed by atoms with van der Waals surface area (Å²) in [6.45, 7) is 9.77. The summed E-state index contributed by atoms with van der Waals surface area (Å²) in [5.41, 5.74) is 13.1. The molecule has 0 fully saturated rings. The first-order valence-corrected chi connectivity index (χ1v) is 19.4. The molecule has 2 nitrogen and oxygen atoms in total. The van der Waals surface area contributed by atoms with E-state index in [0.29, 0.717) is 0 Å². The Morgan fingerprint density at radius 1 is 0.407 bits per heavy atom. The van der Waals surface area contributed by atoms with Gasteiger partial charge in [-0.05, 0) is 111 Å². The lowest BCUT2D eigenvalue weighted by Crippen LogP contribution is -2.33. The molecule has 0 saturated heterocycles. The summed E-state index contributed by atoms with van der Waals surface area (Å²) >= 11 is 0. The van der Waals surface area contributed by atoms with Gasteiger partial charge in [-0.2, -0.15) is 0 Å². The molecule has 2 aromatic heterocycles. The van der Waals surface area contributed by atoms with Crippen LogP contribution < -0.4 is 0 Å². The molecule has 2 heteroatoms. The van der Waals surface area contributed by atoms with Crippen LogP contribution in [-0.4, -0.2) is 9.13 Å². The molecule has 260 valence electrons. The average molecular weight is 695 g/mol. The first-order chi connectivity index (χ1) is 26.3. The van der Waals surface area contributed by atoms with Crippen molar-refractivity contribution in [1.29, 1.82) is 0 Å². The quantitative estimate of drug-likeness (QED) is 0.174. The summed E-state index contributed by atoms with van der Waals surface area (Å²) in [4.78, 5) is 0. The molecule has 0 N–H and O–H groups in total. The van der Waals surface area contributed by atoms with Crippen LogP contribution in [0, 0.1) is 0 Å². The predicted octanol–water partition coefficient (Wildman–Crippen LogP) is 14.2. The summed E-state index contributed by atoms with van der Waals surface area (Å²) in [5, 5.41) is 10.4. The molecule has 0 unspecified atom stereocenters. The molecule has 1 aliphatic carbocycles. The summed E-state index contributed by atoms with van der Waals surface area (Å²) in [6, 6.07) is 58.9. The van der Waals surface area contributed by atoms with Crippen LogP contribution in [0.1, 0.15) is 51.7 Å². The molecule has 11 rings (SSSR count). The van der Waals surface area contributed by atoms with Crippen molar-refractivity contribution in [2.75, 3.05) is 0 Å². The number of para-hydroxylation sites is 1. The first kappa shape index (κ1) is 31.4. The van der Waals surface area contributed by atoms with Gasteiger partial charge in [-0.15, -0.1) is 0 Å². The maximum atomic E-state index is 2.59. The molecule has 1 aliphatic rings. The van der Waals surface area contributed by atoms with Gasteiger partial charge in [0.05, 0.1) is 27.8 Å². The third-order valence-corrected chi connectivity index (χ3v) is 12.8. The Hall–Kier alpha value is -6.12. The first-order valence-electron chi connectivity index (χ1n) is 19.4. The van der Waals surface area contributed by atoms with Crippen molar-refractivity contribution in [3.63, 3.8) is 0 Å². The van der Waals surface area contributed by atoms with Crippen molar-refractivity contribution in [1.82, 2.24) is 9.13 Å². The second kappa shape index (κ2) is 11.2. The zero-order chi connectivity index (χ0) is 36.3. The van der Waals surface area contributed by atoms with E-state index in [-0.39, 0.29) is 10.8 Å². The number of hydrogen-bond acceptors (Lipinski definition) is 0. The van der Waals surface area contributed by atoms with Crippen LogP contribution in [0.5, 0.6) is 0 Å². The number of hydrogen-bond donors (Lipinski definition) is 0. The van der Waals surface area contributed by atoms with E-state index >= 15 is 0 Å². The Kier molecular flexibility index (Phi) is 6.51. The summed E-state index contributed by atoms with van der Waals surface area (Å²) in [7, 11) is 0. The maximum Gasteiger partial charge on any atom is 0.0549 e. The van der Waals surface area contributed by atoms with Crippen molar-refractivity contribution in [2.24, 2.45) is 0 Å². The van der Waals surface area contributed by atoms with E-state index in [9.17, 15) is 0 Å². The Bertz CT molecular complexity index is 3140. The fraction of sp³-hybridized carbons (Fsp3) is 0.154. The van der Waals surface area contributed by atoms with E-state index in [1.165, 1.54) is 112 Å². The number of nitrogens with zero attached hydrogens (tertiary/aromatic N) is 2. The van der Waals surface area contributed by atoms with E-state index in [2.05, 4.69) is 195 Å². The van der Waals surface area contributed by atoms with Gasteiger partial charge in [0.25, 0.3) is 0 Å². The fourth-order valence-corrected chi connectivity index (χ4v) is 9.90. The van der Waals surface area contributed by atoms with E-state index < -0.39 is 0 Å². The van der Waals surface area contributed by atoms with Gasteiger partial charge in [-0.1, -0.05) is 137 Å². The van der Waals surface area contributed by atoms with Crippen molar-refractivity contribution in [3.8, 4) is 22.5 Å². The molecule has 0 spiro atoms. The SMILES string of the molecule is CC1(C)CCC(C)(C)c2cc3c(cc21)c1c2c4c5ccccc5ccc4n(-c4ccc(-c5ccccc5)c5ccccc45)c2ccc1n3-c1ccccc1. The lowest BCUT2D eigenvalue weighted by Gasteiger charge is -2.42. The van der Waals surface area contributed by atoms with Crippen molar-refractivity contribution in [2.45, 2.75) is 51.4 Å². The molecule has 0 saturated carbocycles. The van der Waals surface area contributed by atoms with Crippen LogP contribution in [-0.2, 0) is 10.8 Å². The van der Waals surface area contributed by atoms with Gasteiger partial charge in [0.15, 0.2) is 0 Å². The van der Waals surface area contributed by atoms with Crippen molar-refractivity contribution >= 4 is 65.2 Å². The maximum absolute atomic E-state index is 2.59. The van der Waals surface area contributed by atoms with Gasteiger partial charge >= 0.3 is 0 Å². The zero-order valence-corrected chi connectivity index (χ0v) is 31.3. The minimum absolute atomic E-state index is 0.0915. The molecule has 0 radical (unpaired) electrons. The third kappa shape index (κ3) is 4.34. The molecular weight excluding hydrogens is 653 g/mol. The molecule has 0 atom stereocenters. The second-order valence-corrected chi connectivity index (χ2v) is 16.8. The number of rotatable bonds is 3. The Morgan fingerprint density at radius 3 is 1.70 bits per heavy atom. The summed E-state index contributed by atoms with van der Waals surface area (Å²) < 4.78 is 5.07. The van der Waals surface area contributed by atoms with Crippen molar-refractivity contribution < 1.29 is 0 Å². The molecule has 10 aromatic rings. The van der Waals surface area contributed by atoms with Crippen LogP contribution in [0.2, 0.25) is 0 Å². The monoisotopic (exact) mass is 694 g/mol. The Morgan fingerprint density at radius 2 is 0.963 bits per heavy atom. The van der Waals surface area contributed by atoms with Crippen LogP contribution in [0.4, 0.5) is 0 Å². The van der Waals surface area contributed by atoms with Gasteiger partial charge in [-0.3, -0.25) is 0 Å². The highest BCUT2D eigenvalue weighted by Gasteiger charge is 2.38. The van der Waals surface area contributed by atoms with Gasteiger partial charge in [0.1, 0.15) is 0 Å². The molecule has 0 amide bonds. The van der Waals surface area contributed by atoms with Crippen LogP contribution in [0.15, 0.2) is 158 Å². The predicted molar refractivity (Wildman–Crippen MR) is 231 cm³/mol. The van der Waals surface area contributed by atoms with Gasteiger partial charge in [0.2, 0.25) is 0 Å². The van der Waals surface area contributed by atoms with Crippen molar-refractivity contribution in [3.05, 3.63) is 169 Å². The Labute approximate surface area is 315 Å². The number of benzene rings is 8. The molecule has 0 aliphatic heterocycles. The van der Waals surface area contributed by atoms with Crippen LogP contribution in [0.3, 0.4) is 0 Å². The highest BCUT2D eigenvalue weighted by molar-refractivity contribution is 6.33. The smallest absolute Gasteiger partial charge is 0.0549 e. The molecule has 54 heavy (non-hydrogen) atoms. The summed E-state index contributed by atoms with van der Waals surface area (Å²) in [5.74, 6) is 0. The average Bonchev–Trinajstić information content (AvgIpc) is 3.72. The summed E-state index contributed by atoms with van der Waals surface area (Å²) in [6.07, 6.45) is 2.37. The highest BCUT2D eigenvalue weighted by atomic mass is 15.0. The topological polar surface area (TPSA) is 9.86 Å². The lowest BCUT2D eigenvalue weighted by molar-refractivity contribution is 0.332. The largest absolute Gasteiger partial charge is 0.309 e. The third-order valence-electron chi connectivity index (χ3n) is 12.8. The minimum atomic E-state index is 0.0915. The Balaban J connectivity index is 1.35. The number of aromatic nitrogens is 2. The lowest BCUT2D eigenvalue weighted by atomic mass is 9.63. The number of fused-ring (bicyclic) bond motifs is 11.